The van der Waals surface area contributed by atoms with E-state index in [0.29, 0.717) is 12.3 Å². The highest BCUT2D eigenvalue weighted by Crippen LogP contribution is 2.26. The van der Waals surface area contributed by atoms with E-state index in [9.17, 15) is 4.79 Å². The van der Waals surface area contributed by atoms with Crippen LogP contribution in [0.5, 0.6) is 0 Å². The molecule has 1 aromatic carbocycles. The van der Waals surface area contributed by atoms with E-state index in [4.69, 9.17) is 8.94 Å². The molecular weight excluding hydrogens is 378 g/mol. The molecule has 3 heterocycles. The molecule has 1 amide bonds. The summed E-state index contributed by atoms with van der Waals surface area (Å²) in [6, 6.07) is 15.3. The van der Waals surface area contributed by atoms with Crippen molar-refractivity contribution in [3.63, 3.8) is 0 Å². The molecular formula is C21H24ClN3O3. The minimum atomic E-state index is -0.242. The highest BCUT2D eigenvalue weighted by Gasteiger charge is 2.27. The number of hydrogen-bond acceptors (Lipinski definition) is 5. The number of amides is 1. The summed E-state index contributed by atoms with van der Waals surface area (Å²) in [4.78, 5) is 14.9. The van der Waals surface area contributed by atoms with E-state index in [0.717, 1.165) is 30.2 Å². The molecule has 148 valence electrons. The Labute approximate surface area is 170 Å². The van der Waals surface area contributed by atoms with Gasteiger partial charge >= 0.3 is 0 Å². The molecule has 1 unspecified atom stereocenters. The van der Waals surface area contributed by atoms with Crippen LogP contribution >= 0.6 is 12.4 Å². The van der Waals surface area contributed by atoms with Gasteiger partial charge in [0.15, 0.2) is 11.5 Å². The van der Waals surface area contributed by atoms with Crippen molar-refractivity contribution in [2.75, 3.05) is 19.6 Å². The molecule has 3 aromatic rings. The smallest absolute Gasteiger partial charge is 0.273 e. The fraction of sp³-hybridized carbons (Fsp3) is 0.333. The Kier molecular flexibility index (Phi) is 6.54. The Bertz CT molecular complexity index is 901. The van der Waals surface area contributed by atoms with Gasteiger partial charge in [-0.1, -0.05) is 35.5 Å². The van der Waals surface area contributed by atoms with E-state index in [1.54, 1.807) is 6.07 Å². The maximum Gasteiger partial charge on any atom is 0.273 e. The maximum absolute atomic E-state index is 12.6. The summed E-state index contributed by atoms with van der Waals surface area (Å²) in [6.45, 7) is 4.44. The number of nitrogens with one attached hydrogen (secondary N) is 1. The number of carbonyl (C=O) groups is 1. The number of aromatic nitrogens is 1. The molecule has 1 aliphatic rings. The number of hydrogen-bond donors (Lipinski definition) is 1. The van der Waals surface area contributed by atoms with Crippen LogP contribution in [0, 0.1) is 6.92 Å². The fourth-order valence-electron chi connectivity index (χ4n) is 3.50. The SMILES string of the molecule is Cc1ccc(C(CNC(=O)c2cc(-c3ccccc3)on2)N2CCCC2)o1.Cl. The Morgan fingerprint density at radius 1 is 1.18 bits per heavy atom. The molecule has 0 bridgehead atoms. The quantitative estimate of drug-likeness (QED) is 0.669. The molecule has 1 atom stereocenters. The Balaban J connectivity index is 0.00000225. The van der Waals surface area contributed by atoms with E-state index in [2.05, 4.69) is 15.4 Å². The second-order valence-electron chi connectivity index (χ2n) is 6.86. The summed E-state index contributed by atoms with van der Waals surface area (Å²) in [5.74, 6) is 2.11. The highest BCUT2D eigenvalue weighted by atomic mass is 35.5. The standard InChI is InChI=1S/C21H23N3O3.ClH/c1-15-9-10-19(26-15)18(24-11-5-6-12-24)14-22-21(25)17-13-20(27-23-17)16-7-3-2-4-8-16;/h2-4,7-10,13,18H,5-6,11-12,14H2,1H3,(H,22,25);1H. The monoisotopic (exact) mass is 401 g/mol. The van der Waals surface area contributed by atoms with Gasteiger partial charge in [-0.05, 0) is 45.0 Å². The average molecular weight is 402 g/mol. The lowest BCUT2D eigenvalue weighted by Gasteiger charge is -2.25. The summed E-state index contributed by atoms with van der Waals surface area (Å²) >= 11 is 0. The molecule has 1 N–H and O–H groups in total. The molecule has 7 heteroatoms. The van der Waals surface area contributed by atoms with Crippen LogP contribution in [0.2, 0.25) is 0 Å². The molecule has 2 aromatic heterocycles. The Morgan fingerprint density at radius 3 is 2.61 bits per heavy atom. The number of aryl methyl sites for hydroxylation is 1. The second kappa shape index (κ2) is 9.08. The zero-order chi connectivity index (χ0) is 18.6. The number of furan rings is 1. The van der Waals surface area contributed by atoms with Crippen LogP contribution in [0.4, 0.5) is 0 Å². The van der Waals surface area contributed by atoms with E-state index >= 15 is 0 Å². The molecule has 1 aliphatic heterocycles. The topological polar surface area (TPSA) is 71.5 Å². The number of rotatable bonds is 6. The highest BCUT2D eigenvalue weighted by molar-refractivity contribution is 5.93. The van der Waals surface area contributed by atoms with E-state index in [1.165, 1.54) is 12.8 Å². The fourth-order valence-corrected chi connectivity index (χ4v) is 3.50. The molecule has 6 nitrogen and oxygen atoms in total. The van der Waals surface area contributed by atoms with Gasteiger partial charge in [-0.25, -0.2) is 0 Å². The van der Waals surface area contributed by atoms with Gasteiger partial charge in [-0.15, -0.1) is 12.4 Å². The van der Waals surface area contributed by atoms with E-state index in [1.807, 2.05) is 49.4 Å². The zero-order valence-electron chi connectivity index (χ0n) is 15.8. The van der Waals surface area contributed by atoms with Gasteiger partial charge in [-0.3, -0.25) is 9.69 Å². The van der Waals surface area contributed by atoms with Crippen molar-refractivity contribution in [3.8, 4) is 11.3 Å². The van der Waals surface area contributed by atoms with Crippen LogP contribution in [0.25, 0.3) is 11.3 Å². The average Bonchev–Trinajstić information content (AvgIpc) is 3.45. The Morgan fingerprint density at radius 2 is 1.93 bits per heavy atom. The predicted octanol–water partition coefficient (Wildman–Crippen LogP) is 4.23. The van der Waals surface area contributed by atoms with Gasteiger partial charge < -0.3 is 14.3 Å². The summed E-state index contributed by atoms with van der Waals surface area (Å²) in [5, 5.41) is 6.91. The van der Waals surface area contributed by atoms with Crippen molar-refractivity contribution < 1.29 is 13.7 Å². The third-order valence-corrected chi connectivity index (χ3v) is 4.93. The van der Waals surface area contributed by atoms with Crippen molar-refractivity contribution in [1.82, 2.24) is 15.4 Å². The van der Waals surface area contributed by atoms with Crippen molar-refractivity contribution in [2.45, 2.75) is 25.8 Å². The van der Waals surface area contributed by atoms with Crippen LogP contribution in [0.15, 0.2) is 57.5 Å². The number of benzene rings is 1. The number of halogens is 1. The summed E-state index contributed by atoms with van der Waals surface area (Å²) in [6.07, 6.45) is 2.35. The van der Waals surface area contributed by atoms with Gasteiger partial charge in [0, 0.05) is 18.2 Å². The van der Waals surface area contributed by atoms with Crippen molar-refractivity contribution in [3.05, 3.63) is 65.7 Å². The lowest BCUT2D eigenvalue weighted by Crippen LogP contribution is -2.36. The summed E-state index contributed by atoms with van der Waals surface area (Å²) < 4.78 is 11.2. The normalized spacial score (nSPS) is 15.2. The molecule has 0 aliphatic carbocycles. The first kappa shape index (κ1) is 20.2. The molecule has 28 heavy (non-hydrogen) atoms. The van der Waals surface area contributed by atoms with Crippen molar-refractivity contribution in [2.24, 2.45) is 0 Å². The number of carbonyl (C=O) groups excluding carboxylic acids is 1. The van der Waals surface area contributed by atoms with Gasteiger partial charge in [0.05, 0.1) is 6.04 Å². The minimum absolute atomic E-state index is 0. The summed E-state index contributed by atoms with van der Waals surface area (Å²) in [5.41, 5.74) is 1.18. The zero-order valence-corrected chi connectivity index (χ0v) is 16.6. The predicted molar refractivity (Wildman–Crippen MR) is 109 cm³/mol. The first-order valence-electron chi connectivity index (χ1n) is 9.31. The minimum Gasteiger partial charge on any atom is -0.465 e. The number of likely N-dealkylation sites (tertiary alicyclic amines) is 1. The van der Waals surface area contributed by atoms with Crippen LogP contribution in [0.3, 0.4) is 0 Å². The maximum atomic E-state index is 12.6. The van der Waals surface area contributed by atoms with Gasteiger partial charge in [0.2, 0.25) is 0 Å². The van der Waals surface area contributed by atoms with Crippen LogP contribution in [0.1, 0.15) is 40.9 Å². The lowest BCUT2D eigenvalue weighted by atomic mass is 10.1. The molecule has 0 radical (unpaired) electrons. The number of nitrogens with zero attached hydrogens (tertiary/aromatic N) is 2. The van der Waals surface area contributed by atoms with Crippen molar-refractivity contribution >= 4 is 18.3 Å². The van der Waals surface area contributed by atoms with Gasteiger partial charge in [-0.2, -0.15) is 0 Å². The van der Waals surface area contributed by atoms with E-state index < -0.39 is 0 Å². The molecule has 4 rings (SSSR count). The molecule has 0 saturated carbocycles. The molecule has 0 spiro atoms. The molecule has 1 fully saturated rings. The van der Waals surface area contributed by atoms with Gasteiger partial charge in [0.1, 0.15) is 11.5 Å². The first-order valence-corrected chi connectivity index (χ1v) is 9.31. The third kappa shape index (κ3) is 4.46. The van der Waals surface area contributed by atoms with Crippen LogP contribution < -0.4 is 5.32 Å². The van der Waals surface area contributed by atoms with Gasteiger partial charge in [0.25, 0.3) is 5.91 Å². The second-order valence-corrected chi connectivity index (χ2v) is 6.86. The molecule has 1 saturated heterocycles. The van der Waals surface area contributed by atoms with Crippen LogP contribution in [-0.4, -0.2) is 35.6 Å². The van der Waals surface area contributed by atoms with Crippen LogP contribution in [-0.2, 0) is 0 Å². The largest absolute Gasteiger partial charge is 0.465 e. The lowest BCUT2D eigenvalue weighted by molar-refractivity contribution is 0.0924. The van der Waals surface area contributed by atoms with E-state index in [-0.39, 0.29) is 30.0 Å². The Hall–Kier alpha value is -2.57. The van der Waals surface area contributed by atoms with Crippen molar-refractivity contribution in [1.29, 1.82) is 0 Å². The first-order chi connectivity index (χ1) is 13.2. The summed E-state index contributed by atoms with van der Waals surface area (Å²) in [7, 11) is 0. The third-order valence-electron chi connectivity index (χ3n) is 4.93.